The summed E-state index contributed by atoms with van der Waals surface area (Å²) in [5, 5.41) is 3.31. The zero-order valence-corrected chi connectivity index (χ0v) is 13.3. The molecule has 1 saturated heterocycles. The molecule has 104 valence electrons. The Morgan fingerprint density at radius 3 is 2.33 bits per heavy atom. The minimum Gasteiger partial charge on any atom is -0.309 e. The molecular weight excluding hydrogens is 315 g/mol. The second-order valence-electron chi connectivity index (χ2n) is 4.35. The Hall–Kier alpha value is 0.150. The van der Waals surface area contributed by atoms with E-state index in [2.05, 4.69) is 5.32 Å². The first-order valence-corrected chi connectivity index (χ1v) is 8.04. The van der Waals surface area contributed by atoms with Crippen molar-refractivity contribution in [1.29, 1.82) is 0 Å². The van der Waals surface area contributed by atoms with Crippen LogP contribution in [0.15, 0.2) is 16.3 Å². The summed E-state index contributed by atoms with van der Waals surface area (Å²) in [5.41, 5.74) is 0. The van der Waals surface area contributed by atoms with Crippen LogP contribution in [0.2, 0.25) is 4.34 Å². The number of hydrogen-bond donors (Lipinski definition) is 1. The molecule has 18 heavy (non-hydrogen) atoms. The summed E-state index contributed by atoms with van der Waals surface area (Å²) in [4.78, 5) is 0. The van der Waals surface area contributed by atoms with E-state index in [1.165, 1.54) is 4.31 Å². The predicted octanol–water partition coefficient (Wildman–Crippen LogP) is 2.19. The normalized spacial score (nSPS) is 25.7. The van der Waals surface area contributed by atoms with Gasteiger partial charge in [0.25, 0.3) is 10.0 Å². The predicted molar refractivity (Wildman–Crippen MR) is 77.4 cm³/mol. The largest absolute Gasteiger partial charge is 0.309 e. The number of hydrogen-bond acceptors (Lipinski definition) is 4. The third kappa shape index (κ3) is 3.37. The third-order valence-electron chi connectivity index (χ3n) is 2.67. The molecule has 0 amide bonds. The van der Waals surface area contributed by atoms with Crippen LogP contribution in [0.5, 0.6) is 0 Å². The Labute approximate surface area is 123 Å². The summed E-state index contributed by atoms with van der Waals surface area (Å²) in [6, 6.07) is 3.53. The van der Waals surface area contributed by atoms with Gasteiger partial charge in [-0.05, 0) is 26.0 Å². The van der Waals surface area contributed by atoms with Gasteiger partial charge in [0.1, 0.15) is 4.21 Å². The van der Waals surface area contributed by atoms with Crippen LogP contribution in [0.1, 0.15) is 13.8 Å². The van der Waals surface area contributed by atoms with Crippen LogP contribution in [-0.4, -0.2) is 37.9 Å². The standard InChI is InChI=1S/C10H15ClN2O2S2.ClH/c1-7-5-13(6-8(2)12-7)17(14,15)10-4-3-9(11)16-10;/h3-4,7-8,12H,5-6H2,1-2H3;1H. The Kier molecular flexibility index (Phi) is 5.46. The van der Waals surface area contributed by atoms with Crippen molar-refractivity contribution in [2.75, 3.05) is 13.1 Å². The topological polar surface area (TPSA) is 49.4 Å². The van der Waals surface area contributed by atoms with Gasteiger partial charge in [-0.25, -0.2) is 8.42 Å². The van der Waals surface area contributed by atoms with Crippen LogP contribution < -0.4 is 5.32 Å². The smallest absolute Gasteiger partial charge is 0.252 e. The molecule has 1 aliphatic heterocycles. The van der Waals surface area contributed by atoms with E-state index in [1.54, 1.807) is 12.1 Å². The van der Waals surface area contributed by atoms with Crippen molar-refractivity contribution in [3.05, 3.63) is 16.5 Å². The van der Waals surface area contributed by atoms with Gasteiger partial charge >= 0.3 is 0 Å². The van der Waals surface area contributed by atoms with Gasteiger partial charge in [-0.15, -0.1) is 23.7 Å². The number of nitrogens with zero attached hydrogens (tertiary/aromatic N) is 1. The van der Waals surface area contributed by atoms with E-state index < -0.39 is 10.0 Å². The first-order valence-electron chi connectivity index (χ1n) is 5.41. The summed E-state index contributed by atoms with van der Waals surface area (Å²) < 4.78 is 27.0. The van der Waals surface area contributed by atoms with Crippen molar-refractivity contribution in [2.45, 2.75) is 30.1 Å². The minimum atomic E-state index is -3.38. The Balaban J connectivity index is 0.00000162. The van der Waals surface area contributed by atoms with Crippen molar-refractivity contribution in [3.63, 3.8) is 0 Å². The molecule has 1 fully saturated rings. The fourth-order valence-corrected chi connectivity index (χ4v) is 5.29. The summed E-state index contributed by atoms with van der Waals surface area (Å²) in [6.45, 7) is 4.98. The van der Waals surface area contributed by atoms with Crippen molar-refractivity contribution in [2.24, 2.45) is 0 Å². The van der Waals surface area contributed by atoms with Crippen molar-refractivity contribution < 1.29 is 8.42 Å². The molecule has 0 aliphatic carbocycles. The van der Waals surface area contributed by atoms with E-state index in [0.717, 1.165) is 11.3 Å². The van der Waals surface area contributed by atoms with Gasteiger partial charge in [0.05, 0.1) is 4.34 Å². The molecule has 1 N–H and O–H groups in total. The number of rotatable bonds is 2. The van der Waals surface area contributed by atoms with E-state index in [9.17, 15) is 8.42 Å². The molecule has 2 unspecified atom stereocenters. The quantitative estimate of drug-likeness (QED) is 0.904. The molecule has 2 heterocycles. The zero-order valence-electron chi connectivity index (χ0n) is 10.1. The molecule has 0 bridgehead atoms. The van der Waals surface area contributed by atoms with E-state index in [1.807, 2.05) is 13.8 Å². The molecule has 0 spiro atoms. The van der Waals surface area contributed by atoms with Crippen LogP contribution in [0.25, 0.3) is 0 Å². The van der Waals surface area contributed by atoms with Crippen LogP contribution in [0, 0.1) is 0 Å². The Morgan fingerprint density at radius 1 is 1.33 bits per heavy atom. The monoisotopic (exact) mass is 330 g/mol. The molecule has 1 aliphatic rings. The highest BCUT2D eigenvalue weighted by atomic mass is 35.5. The maximum atomic E-state index is 12.3. The molecule has 4 nitrogen and oxygen atoms in total. The molecule has 1 aromatic heterocycles. The van der Waals surface area contributed by atoms with Crippen molar-refractivity contribution >= 4 is 45.4 Å². The number of nitrogens with one attached hydrogen (secondary N) is 1. The van der Waals surface area contributed by atoms with Crippen LogP contribution >= 0.6 is 35.3 Å². The lowest BCUT2D eigenvalue weighted by atomic mass is 10.2. The third-order valence-corrected chi connectivity index (χ3v) is 6.20. The first-order chi connectivity index (χ1) is 7.89. The molecule has 0 radical (unpaired) electrons. The molecule has 8 heteroatoms. The number of sulfonamides is 1. The second-order valence-corrected chi connectivity index (χ2v) is 8.23. The Morgan fingerprint density at radius 2 is 1.89 bits per heavy atom. The van der Waals surface area contributed by atoms with Gasteiger partial charge in [0.15, 0.2) is 0 Å². The fourth-order valence-electron chi connectivity index (χ4n) is 2.04. The summed E-state index contributed by atoms with van der Waals surface area (Å²) in [7, 11) is -3.38. The molecular formula is C10H16Cl2N2O2S2. The SMILES string of the molecule is CC1CN(S(=O)(=O)c2ccc(Cl)s2)CC(C)N1.Cl. The highest BCUT2D eigenvalue weighted by molar-refractivity contribution is 7.91. The number of thiophene rings is 1. The second kappa shape index (κ2) is 6.07. The van der Waals surface area contributed by atoms with Crippen LogP contribution in [-0.2, 0) is 10.0 Å². The summed E-state index contributed by atoms with van der Waals surface area (Å²) in [6.07, 6.45) is 0. The average Bonchev–Trinajstić information content (AvgIpc) is 2.64. The lowest BCUT2D eigenvalue weighted by Gasteiger charge is -2.34. The number of halogens is 2. The first kappa shape index (κ1) is 16.2. The zero-order chi connectivity index (χ0) is 12.6. The van der Waals surface area contributed by atoms with E-state index in [4.69, 9.17) is 11.6 Å². The minimum absolute atomic E-state index is 0. The van der Waals surface area contributed by atoms with Gasteiger partial charge < -0.3 is 5.32 Å². The van der Waals surface area contributed by atoms with Gasteiger partial charge in [-0.2, -0.15) is 4.31 Å². The maximum Gasteiger partial charge on any atom is 0.252 e. The molecule has 1 aromatic rings. The highest BCUT2D eigenvalue weighted by Gasteiger charge is 2.32. The van der Waals surface area contributed by atoms with E-state index >= 15 is 0 Å². The fraction of sp³-hybridized carbons (Fsp3) is 0.600. The van der Waals surface area contributed by atoms with Crippen LogP contribution in [0.3, 0.4) is 0 Å². The lowest BCUT2D eigenvalue weighted by Crippen LogP contribution is -2.55. The summed E-state index contributed by atoms with van der Waals surface area (Å²) >= 11 is 6.89. The summed E-state index contributed by atoms with van der Waals surface area (Å²) in [5.74, 6) is 0. The highest BCUT2D eigenvalue weighted by Crippen LogP contribution is 2.28. The van der Waals surface area contributed by atoms with E-state index in [-0.39, 0.29) is 24.5 Å². The lowest BCUT2D eigenvalue weighted by molar-refractivity contribution is 0.263. The molecule has 2 atom stereocenters. The molecule has 2 rings (SSSR count). The molecule has 0 aromatic carbocycles. The van der Waals surface area contributed by atoms with Gasteiger partial charge in [-0.1, -0.05) is 11.6 Å². The molecule has 0 saturated carbocycles. The number of piperazine rings is 1. The maximum absolute atomic E-state index is 12.3. The van der Waals surface area contributed by atoms with E-state index in [0.29, 0.717) is 21.6 Å². The van der Waals surface area contributed by atoms with Gasteiger partial charge in [0, 0.05) is 25.2 Å². The Bertz CT molecular complexity index is 494. The van der Waals surface area contributed by atoms with Crippen molar-refractivity contribution in [1.82, 2.24) is 9.62 Å². The van der Waals surface area contributed by atoms with Crippen molar-refractivity contribution in [3.8, 4) is 0 Å². The van der Waals surface area contributed by atoms with Gasteiger partial charge in [0.2, 0.25) is 0 Å². The van der Waals surface area contributed by atoms with Gasteiger partial charge in [-0.3, -0.25) is 0 Å². The van der Waals surface area contributed by atoms with Crippen LogP contribution in [0.4, 0.5) is 0 Å². The average molecular weight is 331 g/mol.